The Balaban J connectivity index is 1.84. The average Bonchev–Trinajstić information content (AvgIpc) is 3.00. The van der Waals surface area contributed by atoms with Crippen LogP contribution < -0.4 is 24.6 Å². The van der Waals surface area contributed by atoms with Crippen LogP contribution in [0.4, 0.5) is 28.4 Å². The van der Waals surface area contributed by atoms with Crippen LogP contribution in [0.3, 0.4) is 0 Å². The first-order valence-corrected chi connectivity index (χ1v) is 11.9. The molecule has 1 N–H and O–H groups in total. The zero-order chi connectivity index (χ0) is 29.5. The molecule has 41 heavy (non-hydrogen) atoms. The van der Waals surface area contributed by atoms with E-state index in [0.29, 0.717) is 11.4 Å². The van der Waals surface area contributed by atoms with E-state index in [1.54, 1.807) is 60.7 Å². The molecule has 0 spiro atoms. The summed E-state index contributed by atoms with van der Waals surface area (Å²) in [5, 5.41) is 25.9. The van der Waals surface area contributed by atoms with Gasteiger partial charge in [0.05, 0.1) is 60.2 Å². The highest BCUT2D eigenvalue weighted by molar-refractivity contribution is 5.91. The number of hydrogen-bond donors (Lipinski definition) is 1. The van der Waals surface area contributed by atoms with Crippen molar-refractivity contribution < 1.29 is 33.6 Å². The molecule has 4 rings (SSSR count). The Hall–Kier alpha value is -5.85. The molecule has 4 aromatic rings. The number of hydrazine groups is 1. The van der Waals surface area contributed by atoms with Crippen LogP contribution in [0.1, 0.15) is 10.4 Å². The molecule has 0 saturated carbocycles. The molecule has 0 aliphatic carbocycles. The fourth-order valence-corrected chi connectivity index (χ4v) is 3.93. The molecule has 0 saturated heterocycles. The standard InChI is InChI=1S/C28H24N4O9/c1-38-24-14-18(28(33)40-3)15-25(39-2)27(24)41-21-16-22(31(34)35)26(23(17-21)32(36)37)29-30(19-10-6-4-7-11-19)20-12-8-5-9-13-20/h4-17,29H,1-3H3. The van der Waals surface area contributed by atoms with E-state index in [-0.39, 0.29) is 34.2 Å². The van der Waals surface area contributed by atoms with Gasteiger partial charge in [-0.15, -0.1) is 0 Å². The third-order valence-electron chi connectivity index (χ3n) is 5.82. The molecule has 0 heterocycles. The monoisotopic (exact) mass is 560 g/mol. The molecule has 0 fully saturated rings. The molecule has 0 radical (unpaired) electrons. The molecular formula is C28H24N4O9. The number of anilines is 3. The Morgan fingerprint density at radius 3 is 1.61 bits per heavy atom. The lowest BCUT2D eigenvalue weighted by atomic mass is 10.1. The third-order valence-corrected chi connectivity index (χ3v) is 5.82. The topological polar surface area (TPSA) is 156 Å². The molecule has 13 nitrogen and oxygen atoms in total. The number of para-hydroxylation sites is 2. The van der Waals surface area contributed by atoms with E-state index >= 15 is 0 Å². The summed E-state index contributed by atoms with van der Waals surface area (Å²) in [6.45, 7) is 0. The molecule has 0 unspecified atom stereocenters. The molecule has 4 aromatic carbocycles. The second kappa shape index (κ2) is 12.3. The smallest absolute Gasteiger partial charge is 0.338 e. The number of ether oxygens (including phenoxy) is 4. The number of nitrogens with zero attached hydrogens (tertiary/aromatic N) is 3. The number of nitro groups is 2. The number of nitro benzene ring substituents is 2. The second-order valence-electron chi connectivity index (χ2n) is 8.27. The van der Waals surface area contributed by atoms with E-state index in [9.17, 15) is 25.0 Å². The van der Waals surface area contributed by atoms with Gasteiger partial charge in [0.15, 0.2) is 11.5 Å². The van der Waals surface area contributed by atoms with E-state index < -0.39 is 27.2 Å². The van der Waals surface area contributed by atoms with Crippen LogP contribution >= 0.6 is 0 Å². The van der Waals surface area contributed by atoms with Crippen molar-refractivity contribution in [1.29, 1.82) is 0 Å². The predicted molar refractivity (Wildman–Crippen MR) is 149 cm³/mol. The third kappa shape index (κ3) is 6.09. The minimum absolute atomic E-state index is 0.0246. The van der Waals surface area contributed by atoms with Gasteiger partial charge in [0.2, 0.25) is 11.4 Å². The predicted octanol–water partition coefficient (Wildman–Crippen LogP) is 6.26. The van der Waals surface area contributed by atoms with Crippen molar-refractivity contribution in [3.05, 3.63) is 111 Å². The number of esters is 1. The maximum absolute atomic E-state index is 12.2. The van der Waals surface area contributed by atoms with Crippen LogP contribution in [0.2, 0.25) is 0 Å². The first-order chi connectivity index (χ1) is 19.8. The number of methoxy groups -OCH3 is 3. The molecule has 0 aromatic heterocycles. The van der Waals surface area contributed by atoms with Gasteiger partial charge < -0.3 is 18.9 Å². The van der Waals surface area contributed by atoms with Crippen molar-refractivity contribution in [2.45, 2.75) is 0 Å². The maximum atomic E-state index is 12.2. The Bertz CT molecular complexity index is 1480. The molecule has 0 amide bonds. The van der Waals surface area contributed by atoms with Gasteiger partial charge in [-0.1, -0.05) is 36.4 Å². The van der Waals surface area contributed by atoms with E-state index in [2.05, 4.69) is 5.43 Å². The summed E-state index contributed by atoms with van der Waals surface area (Å²) in [6.07, 6.45) is 0. The Kier molecular flexibility index (Phi) is 8.48. The van der Waals surface area contributed by atoms with Crippen LogP contribution in [-0.4, -0.2) is 37.1 Å². The Labute approximate surface area is 233 Å². The van der Waals surface area contributed by atoms with Gasteiger partial charge in [-0.2, -0.15) is 0 Å². The van der Waals surface area contributed by atoms with E-state index in [0.717, 1.165) is 12.1 Å². The first-order valence-electron chi connectivity index (χ1n) is 11.9. The van der Waals surface area contributed by atoms with Crippen molar-refractivity contribution in [3.63, 3.8) is 0 Å². The second-order valence-corrected chi connectivity index (χ2v) is 8.27. The molecule has 210 valence electrons. The molecule has 0 atom stereocenters. The Morgan fingerprint density at radius 1 is 0.756 bits per heavy atom. The normalized spacial score (nSPS) is 10.3. The fourth-order valence-electron chi connectivity index (χ4n) is 3.93. The number of nitrogens with one attached hydrogen (secondary N) is 1. The lowest BCUT2D eigenvalue weighted by Crippen LogP contribution is -2.25. The summed E-state index contributed by atoms with van der Waals surface area (Å²) >= 11 is 0. The molecule has 0 aliphatic heterocycles. The lowest BCUT2D eigenvalue weighted by molar-refractivity contribution is -0.392. The van der Waals surface area contributed by atoms with E-state index in [4.69, 9.17) is 18.9 Å². The van der Waals surface area contributed by atoms with Crippen LogP contribution in [-0.2, 0) is 4.74 Å². The summed E-state index contributed by atoms with van der Waals surface area (Å²) in [4.78, 5) is 35.0. The van der Waals surface area contributed by atoms with Crippen LogP contribution in [0.5, 0.6) is 23.0 Å². The van der Waals surface area contributed by atoms with Gasteiger partial charge in [-0.25, -0.2) is 4.79 Å². The number of carbonyl (C=O) groups excluding carboxylic acids is 1. The summed E-state index contributed by atoms with van der Waals surface area (Å²) in [7, 11) is 3.82. The molecule has 0 bridgehead atoms. The van der Waals surface area contributed by atoms with E-state index in [1.165, 1.54) is 38.5 Å². The fraction of sp³-hybridized carbons (Fsp3) is 0.107. The van der Waals surface area contributed by atoms with Crippen LogP contribution in [0, 0.1) is 20.2 Å². The first kappa shape index (κ1) is 28.2. The molecule has 0 aliphatic rings. The van der Waals surface area contributed by atoms with Crippen molar-refractivity contribution in [2.24, 2.45) is 0 Å². The Morgan fingerprint density at radius 2 is 1.22 bits per heavy atom. The van der Waals surface area contributed by atoms with Gasteiger partial charge in [-0.3, -0.25) is 30.7 Å². The number of rotatable bonds is 11. The summed E-state index contributed by atoms with van der Waals surface area (Å²) in [5.74, 6) is -0.936. The van der Waals surface area contributed by atoms with Crippen molar-refractivity contribution in [3.8, 4) is 23.0 Å². The van der Waals surface area contributed by atoms with Crippen LogP contribution in [0.15, 0.2) is 84.9 Å². The van der Waals surface area contributed by atoms with Gasteiger partial charge in [0, 0.05) is 0 Å². The number of hydrogen-bond acceptors (Lipinski definition) is 11. The average molecular weight is 561 g/mol. The number of carbonyl (C=O) groups is 1. The van der Waals surface area contributed by atoms with Gasteiger partial charge in [0.25, 0.3) is 0 Å². The zero-order valence-electron chi connectivity index (χ0n) is 22.1. The SMILES string of the molecule is COC(=O)c1cc(OC)c(Oc2cc([N+](=O)[O-])c(NN(c3ccccc3)c3ccccc3)c([N+](=O)[O-])c2)c(OC)c1. The number of benzene rings is 4. The van der Waals surface area contributed by atoms with Gasteiger partial charge in [0.1, 0.15) is 5.75 Å². The van der Waals surface area contributed by atoms with E-state index in [1.807, 2.05) is 0 Å². The van der Waals surface area contributed by atoms with Crippen molar-refractivity contribution in [2.75, 3.05) is 31.8 Å². The summed E-state index contributed by atoms with van der Waals surface area (Å²) in [6, 6.07) is 22.3. The highest BCUT2D eigenvalue weighted by atomic mass is 16.6. The molecular weight excluding hydrogens is 536 g/mol. The van der Waals surface area contributed by atoms with Gasteiger partial charge >= 0.3 is 17.3 Å². The quantitative estimate of drug-likeness (QED) is 0.125. The minimum atomic E-state index is -0.759. The zero-order valence-corrected chi connectivity index (χ0v) is 22.1. The minimum Gasteiger partial charge on any atom is -0.493 e. The van der Waals surface area contributed by atoms with Crippen molar-refractivity contribution >= 4 is 34.4 Å². The summed E-state index contributed by atoms with van der Waals surface area (Å²) in [5.41, 5.74) is 2.47. The van der Waals surface area contributed by atoms with Crippen molar-refractivity contribution in [1.82, 2.24) is 0 Å². The molecule has 13 heteroatoms. The highest BCUT2D eigenvalue weighted by Crippen LogP contribution is 2.46. The highest BCUT2D eigenvalue weighted by Gasteiger charge is 2.31. The lowest BCUT2D eigenvalue weighted by Gasteiger charge is -2.26. The maximum Gasteiger partial charge on any atom is 0.338 e. The van der Waals surface area contributed by atoms with Gasteiger partial charge in [-0.05, 0) is 36.4 Å². The van der Waals surface area contributed by atoms with Crippen LogP contribution in [0.25, 0.3) is 0 Å². The summed E-state index contributed by atoms with van der Waals surface area (Å²) < 4.78 is 21.2. The largest absolute Gasteiger partial charge is 0.493 e.